The van der Waals surface area contributed by atoms with Crippen LogP contribution in [0, 0.1) is 34.6 Å². The third kappa shape index (κ3) is 6.26. The van der Waals surface area contributed by atoms with Crippen LogP contribution < -0.4 is 4.90 Å². The molecule has 0 radical (unpaired) electrons. The number of methoxy groups -OCH3 is 1. The Kier molecular flexibility index (Phi) is 8.32. The van der Waals surface area contributed by atoms with Crippen molar-refractivity contribution >= 4 is 11.4 Å². The minimum Gasteiger partial charge on any atom is -0.505 e. The van der Waals surface area contributed by atoms with Crippen LogP contribution in [0.15, 0.2) is 66.7 Å². The molecule has 0 saturated heterocycles. The summed E-state index contributed by atoms with van der Waals surface area (Å²) in [6.45, 7) is 18.2. The van der Waals surface area contributed by atoms with Crippen LogP contribution in [0.5, 0.6) is 5.75 Å². The average Bonchev–Trinajstić information content (AvgIpc) is 2.89. The highest BCUT2D eigenvalue weighted by Crippen LogP contribution is 2.44. The van der Waals surface area contributed by atoms with E-state index in [0.717, 1.165) is 56.7 Å². The van der Waals surface area contributed by atoms with Crippen LogP contribution in [0.2, 0.25) is 0 Å². The molecule has 0 spiro atoms. The summed E-state index contributed by atoms with van der Waals surface area (Å²) in [5, 5.41) is 11.7. The normalized spacial score (nSPS) is 12.0. The van der Waals surface area contributed by atoms with Crippen molar-refractivity contribution in [3.8, 4) is 28.0 Å². The molecule has 0 bridgehead atoms. The third-order valence-corrected chi connectivity index (χ3v) is 7.51. The summed E-state index contributed by atoms with van der Waals surface area (Å²) in [5.74, 6) is 0.303. The summed E-state index contributed by atoms with van der Waals surface area (Å²) >= 11 is 0. The van der Waals surface area contributed by atoms with Gasteiger partial charge in [0.2, 0.25) is 0 Å². The first-order chi connectivity index (χ1) is 19.3. The van der Waals surface area contributed by atoms with Crippen molar-refractivity contribution in [2.45, 2.75) is 67.2 Å². The molecule has 0 aromatic heterocycles. The number of para-hydroxylation sites is 1. The fourth-order valence-corrected chi connectivity index (χ4v) is 5.81. The molecule has 1 N–H and O–H groups in total. The molecule has 0 atom stereocenters. The maximum atomic E-state index is 11.7. The Labute approximate surface area is 242 Å². The number of hydrogen-bond donors (Lipinski definition) is 1. The molecule has 210 valence electrons. The lowest BCUT2D eigenvalue weighted by atomic mass is 9.84. The number of aryl methyl sites for hydroxylation is 5. The second kappa shape index (κ2) is 11.9. The van der Waals surface area contributed by atoms with Crippen LogP contribution in [0.4, 0.5) is 11.4 Å². The molecule has 4 rings (SSSR count). The van der Waals surface area contributed by atoms with E-state index in [9.17, 15) is 6.48 Å². The van der Waals surface area contributed by atoms with Crippen molar-refractivity contribution in [2.75, 3.05) is 25.2 Å². The fraction of sp³-hybridized carbons (Fsp3) is 0.351. The molecule has 0 fully saturated rings. The van der Waals surface area contributed by atoms with Gasteiger partial charge in [0.05, 0.1) is 7.06 Å². The molecule has 0 unspecified atom stereocenters. The minimum atomic E-state index is -0.216. The Hall–Kier alpha value is -3.56. The molecule has 4 aromatic rings. The summed E-state index contributed by atoms with van der Waals surface area (Å²) < 4.78 is 14.9. The van der Waals surface area contributed by atoms with Gasteiger partial charge in [0.15, 0.2) is 0 Å². The van der Waals surface area contributed by atoms with Gasteiger partial charge in [-0.3, -0.25) is 0 Å². The van der Waals surface area contributed by atoms with Gasteiger partial charge in [-0.05, 0) is 104 Å². The molecule has 3 heteroatoms. The molecule has 0 aliphatic rings. The lowest BCUT2D eigenvalue weighted by Gasteiger charge is -2.31. The maximum absolute atomic E-state index is 11.7. The van der Waals surface area contributed by atoms with Crippen molar-refractivity contribution in [1.82, 2.24) is 0 Å². The van der Waals surface area contributed by atoms with E-state index in [1.165, 1.54) is 16.7 Å². The predicted octanol–water partition coefficient (Wildman–Crippen LogP) is 9.74. The molecular formula is C37H45NO2. The van der Waals surface area contributed by atoms with E-state index in [-0.39, 0.29) is 5.41 Å². The van der Waals surface area contributed by atoms with Gasteiger partial charge in [-0.15, -0.1) is 0 Å². The Bertz CT molecular complexity index is 1540. The van der Waals surface area contributed by atoms with Crippen molar-refractivity contribution < 1.29 is 11.2 Å². The molecule has 40 heavy (non-hydrogen) atoms. The third-order valence-electron chi connectivity index (χ3n) is 7.51. The number of benzene rings is 4. The van der Waals surface area contributed by atoms with Gasteiger partial charge in [0, 0.05) is 37.1 Å². The zero-order valence-corrected chi connectivity index (χ0v) is 25.7. The first-order valence-corrected chi connectivity index (χ1v) is 14.2. The van der Waals surface area contributed by atoms with E-state index in [1.807, 2.05) is 12.1 Å². The highest BCUT2D eigenvalue weighted by atomic mass is 16.5. The summed E-state index contributed by atoms with van der Waals surface area (Å²) in [6.07, 6.45) is 0.789. The molecule has 0 aliphatic heterocycles. The van der Waals surface area contributed by atoms with Crippen molar-refractivity contribution in [3.05, 3.63) is 100 Å². The monoisotopic (exact) mass is 536 g/mol. The number of rotatable bonds is 8. The molecule has 0 heterocycles. The number of phenols is 1. The Morgan fingerprint density at radius 1 is 0.800 bits per heavy atom. The van der Waals surface area contributed by atoms with Gasteiger partial charge in [0.25, 0.3) is 0 Å². The smallest absolute Gasteiger partial charge is 0.142 e. The number of aromatic hydroxyl groups is 1. The van der Waals surface area contributed by atoms with Gasteiger partial charge in [-0.1, -0.05) is 74.9 Å². The van der Waals surface area contributed by atoms with Gasteiger partial charge >= 0.3 is 0 Å². The Morgan fingerprint density at radius 3 is 2.05 bits per heavy atom. The first-order valence-electron chi connectivity index (χ1n) is 14.7. The predicted molar refractivity (Wildman–Crippen MR) is 171 cm³/mol. The SMILES string of the molecule is [2H]c1c(-c2ccccc2N(CCCOC)c2cc(C)cc(C(C)(C)C)c2O)cc(C)cc1-c1c(C)cc(C)cc1C. The highest BCUT2D eigenvalue weighted by molar-refractivity contribution is 5.87. The average molecular weight is 537 g/mol. The quantitative estimate of drug-likeness (QED) is 0.228. The van der Waals surface area contributed by atoms with E-state index in [0.29, 0.717) is 24.9 Å². The number of ether oxygens (including phenoxy) is 1. The van der Waals surface area contributed by atoms with Crippen molar-refractivity contribution in [1.29, 1.82) is 0 Å². The minimum absolute atomic E-state index is 0.216. The molecule has 3 nitrogen and oxygen atoms in total. The molecule has 4 aromatic carbocycles. The number of phenolic OH excluding ortho intramolecular Hbond substituents is 1. The molecule has 0 aliphatic carbocycles. The van der Waals surface area contributed by atoms with Crippen LogP contribution in [0.3, 0.4) is 0 Å². The molecule has 0 saturated carbocycles. The Morgan fingerprint density at radius 2 is 1.40 bits per heavy atom. The lowest BCUT2D eigenvalue weighted by Crippen LogP contribution is -2.22. The molecular weight excluding hydrogens is 490 g/mol. The zero-order valence-electron chi connectivity index (χ0n) is 26.7. The van der Waals surface area contributed by atoms with E-state index in [4.69, 9.17) is 4.74 Å². The molecule has 0 amide bonds. The fourth-order valence-electron chi connectivity index (χ4n) is 5.81. The highest BCUT2D eigenvalue weighted by Gasteiger charge is 2.25. The van der Waals surface area contributed by atoms with Gasteiger partial charge in [0.1, 0.15) is 5.75 Å². The summed E-state index contributed by atoms with van der Waals surface area (Å²) in [7, 11) is 1.72. The van der Waals surface area contributed by atoms with E-state index < -0.39 is 0 Å². The van der Waals surface area contributed by atoms with Crippen LogP contribution >= 0.6 is 0 Å². The standard InChI is InChI=1S/C37H45NO2/c1-24-17-27(4)35(28(5)18-24)30-20-25(2)19-29(23-30)31-13-10-11-14-33(31)38(15-12-16-40-9)34-22-26(3)21-32(36(34)39)37(6,7)8/h10-11,13-14,17-23,39H,12,15-16H2,1-9H3/i23D. The van der Waals surface area contributed by atoms with Gasteiger partial charge in [-0.2, -0.15) is 0 Å². The van der Waals surface area contributed by atoms with Crippen LogP contribution in [0.1, 0.15) is 61.9 Å². The van der Waals surface area contributed by atoms with Gasteiger partial charge < -0.3 is 14.7 Å². The zero-order chi connectivity index (χ0) is 30.1. The summed E-state index contributed by atoms with van der Waals surface area (Å²) in [5.41, 5.74) is 12.2. The van der Waals surface area contributed by atoms with Crippen LogP contribution in [-0.2, 0) is 10.2 Å². The van der Waals surface area contributed by atoms with E-state index in [2.05, 4.69) is 109 Å². The Balaban J connectivity index is 1.98. The largest absolute Gasteiger partial charge is 0.505 e. The topological polar surface area (TPSA) is 32.7 Å². The van der Waals surface area contributed by atoms with E-state index in [1.54, 1.807) is 7.11 Å². The maximum Gasteiger partial charge on any atom is 0.142 e. The summed E-state index contributed by atoms with van der Waals surface area (Å²) in [6, 6.07) is 21.6. The number of nitrogens with zero attached hydrogens (tertiary/aromatic N) is 1. The van der Waals surface area contributed by atoms with Crippen molar-refractivity contribution in [2.24, 2.45) is 0 Å². The number of anilines is 2. The first kappa shape index (κ1) is 28.0. The van der Waals surface area contributed by atoms with Crippen LogP contribution in [0.25, 0.3) is 22.3 Å². The number of hydrogen-bond acceptors (Lipinski definition) is 3. The second-order valence-electron chi connectivity index (χ2n) is 12.2. The lowest BCUT2D eigenvalue weighted by molar-refractivity contribution is 0.196. The summed E-state index contributed by atoms with van der Waals surface area (Å²) in [4.78, 5) is 2.20. The second-order valence-corrected chi connectivity index (χ2v) is 12.2. The van der Waals surface area contributed by atoms with Gasteiger partial charge in [-0.25, -0.2) is 0 Å². The van der Waals surface area contributed by atoms with Crippen LogP contribution in [-0.4, -0.2) is 25.4 Å². The van der Waals surface area contributed by atoms with Crippen molar-refractivity contribution in [3.63, 3.8) is 0 Å². The van der Waals surface area contributed by atoms with E-state index >= 15 is 0 Å².